The second-order valence-corrected chi connectivity index (χ2v) is 5.64. The van der Waals surface area contributed by atoms with E-state index in [0.717, 1.165) is 17.7 Å². The number of amides is 1. The van der Waals surface area contributed by atoms with Crippen LogP contribution in [0.3, 0.4) is 0 Å². The predicted molar refractivity (Wildman–Crippen MR) is 106 cm³/mol. The largest absolute Gasteiger partial charge is 0.494 e. The lowest BCUT2D eigenvalue weighted by molar-refractivity contribution is 0.0954. The molecule has 0 aliphatic carbocycles. The third kappa shape index (κ3) is 6.33. The van der Waals surface area contributed by atoms with Gasteiger partial charge in [-0.3, -0.25) is 4.79 Å². The van der Waals surface area contributed by atoms with Crippen molar-refractivity contribution in [3.63, 3.8) is 0 Å². The summed E-state index contributed by atoms with van der Waals surface area (Å²) in [4.78, 5) is 12.3. The molecule has 6 heteroatoms. The summed E-state index contributed by atoms with van der Waals surface area (Å²) < 4.78 is 16.6. The van der Waals surface area contributed by atoms with E-state index >= 15 is 0 Å². The van der Waals surface area contributed by atoms with Gasteiger partial charge in [-0.2, -0.15) is 5.10 Å². The van der Waals surface area contributed by atoms with Crippen LogP contribution in [0.15, 0.2) is 47.6 Å². The lowest BCUT2D eigenvalue weighted by Crippen LogP contribution is -2.17. The highest BCUT2D eigenvalue weighted by Gasteiger charge is 2.11. The fourth-order valence-corrected chi connectivity index (χ4v) is 2.29. The van der Waals surface area contributed by atoms with Crippen LogP contribution in [-0.2, 0) is 0 Å². The number of carbonyl (C=O) groups is 1. The van der Waals surface area contributed by atoms with Crippen molar-refractivity contribution in [3.8, 4) is 17.2 Å². The molecule has 27 heavy (non-hydrogen) atoms. The van der Waals surface area contributed by atoms with Crippen molar-refractivity contribution in [2.45, 2.75) is 27.2 Å². The van der Waals surface area contributed by atoms with E-state index in [-0.39, 0.29) is 5.91 Å². The van der Waals surface area contributed by atoms with Crippen LogP contribution in [0.4, 0.5) is 0 Å². The van der Waals surface area contributed by atoms with Crippen molar-refractivity contribution < 1.29 is 19.0 Å². The molecule has 2 rings (SSSR count). The number of carbonyl (C=O) groups excluding carboxylic acids is 1. The number of ether oxygens (including phenoxy) is 3. The lowest BCUT2D eigenvalue weighted by atomic mass is 10.2. The van der Waals surface area contributed by atoms with Crippen LogP contribution in [0.5, 0.6) is 17.2 Å². The molecule has 2 aromatic carbocycles. The highest BCUT2D eigenvalue weighted by atomic mass is 16.5. The van der Waals surface area contributed by atoms with Crippen LogP contribution >= 0.6 is 0 Å². The van der Waals surface area contributed by atoms with Gasteiger partial charge in [-0.1, -0.05) is 6.92 Å². The van der Waals surface area contributed by atoms with Gasteiger partial charge < -0.3 is 14.2 Å². The Morgan fingerprint density at radius 2 is 1.67 bits per heavy atom. The minimum atomic E-state index is -0.321. The summed E-state index contributed by atoms with van der Waals surface area (Å²) in [5, 5.41) is 4.01. The van der Waals surface area contributed by atoms with E-state index in [2.05, 4.69) is 17.5 Å². The van der Waals surface area contributed by atoms with Gasteiger partial charge in [-0.05, 0) is 68.3 Å². The van der Waals surface area contributed by atoms with E-state index in [4.69, 9.17) is 14.2 Å². The zero-order chi connectivity index (χ0) is 19.5. The first-order valence-corrected chi connectivity index (χ1v) is 9.13. The molecule has 0 atom stereocenters. The summed E-state index contributed by atoms with van der Waals surface area (Å²) in [5.74, 6) is 1.65. The minimum Gasteiger partial charge on any atom is -0.494 e. The van der Waals surface area contributed by atoms with Crippen molar-refractivity contribution in [1.29, 1.82) is 0 Å². The van der Waals surface area contributed by atoms with Gasteiger partial charge in [0, 0.05) is 5.56 Å². The Bertz CT molecular complexity index is 757. The maximum atomic E-state index is 12.3. The lowest BCUT2D eigenvalue weighted by Gasteiger charge is -2.11. The Balaban J connectivity index is 1.98. The molecule has 0 radical (unpaired) electrons. The molecular weight excluding hydrogens is 344 g/mol. The molecule has 0 saturated heterocycles. The number of hydrogen-bond acceptors (Lipinski definition) is 5. The Hall–Kier alpha value is -3.02. The standard InChI is InChI=1S/C21H26N2O4/c1-4-13-27-18-10-7-16(8-11-18)15-22-23-21(24)17-9-12-19(25-5-2)20(14-17)26-6-3/h7-12,14-15H,4-6,13H2,1-3H3,(H,23,24)/b22-15+. The predicted octanol–water partition coefficient (Wildman–Crippen LogP) is 4.04. The summed E-state index contributed by atoms with van der Waals surface area (Å²) in [5.41, 5.74) is 3.83. The van der Waals surface area contributed by atoms with E-state index in [1.54, 1.807) is 24.4 Å². The summed E-state index contributed by atoms with van der Waals surface area (Å²) >= 11 is 0. The number of nitrogens with zero attached hydrogens (tertiary/aromatic N) is 1. The van der Waals surface area contributed by atoms with Gasteiger partial charge in [0.2, 0.25) is 0 Å². The van der Waals surface area contributed by atoms with E-state index in [0.29, 0.717) is 36.9 Å². The van der Waals surface area contributed by atoms with Crippen LogP contribution in [0.2, 0.25) is 0 Å². The summed E-state index contributed by atoms with van der Waals surface area (Å²) in [6.07, 6.45) is 2.55. The average molecular weight is 370 g/mol. The third-order valence-corrected chi connectivity index (χ3v) is 3.54. The highest BCUT2D eigenvalue weighted by Crippen LogP contribution is 2.28. The van der Waals surface area contributed by atoms with Crippen LogP contribution in [-0.4, -0.2) is 31.9 Å². The van der Waals surface area contributed by atoms with Crippen LogP contribution < -0.4 is 19.6 Å². The van der Waals surface area contributed by atoms with Crippen LogP contribution in [0.25, 0.3) is 0 Å². The number of nitrogens with one attached hydrogen (secondary N) is 1. The van der Waals surface area contributed by atoms with Crippen molar-refractivity contribution in [2.24, 2.45) is 5.10 Å². The average Bonchev–Trinajstić information content (AvgIpc) is 2.69. The Kier molecular flexibility index (Phi) is 8.16. The molecule has 0 saturated carbocycles. The number of rotatable bonds is 10. The van der Waals surface area contributed by atoms with E-state index in [9.17, 15) is 4.79 Å². The SMILES string of the molecule is CCCOc1ccc(/C=N/NC(=O)c2ccc(OCC)c(OCC)c2)cc1. The second kappa shape index (κ2) is 10.9. The zero-order valence-corrected chi connectivity index (χ0v) is 16.0. The van der Waals surface area contributed by atoms with Gasteiger partial charge in [0.25, 0.3) is 5.91 Å². The van der Waals surface area contributed by atoms with E-state index in [1.807, 2.05) is 38.1 Å². The van der Waals surface area contributed by atoms with Gasteiger partial charge in [0.05, 0.1) is 26.0 Å². The number of hydrazone groups is 1. The smallest absolute Gasteiger partial charge is 0.271 e. The molecule has 0 aliphatic rings. The molecule has 0 spiro atoms. The van der Waals surface area contributed by atoms with Gasteiger partial charge in [0.15, 0.2) is 11.5 Å². The van der Waals surface area contributed by atoms with Crippen molar-refractivity contribution in [3.05, 3.63) is 53.6 Å². The zero-order valence-electron chi connectivity index (χ0n) is 16.0. The first kappa shape index (κ1) is 20.3. The highest BCUT2D eigenvalue weighted by molar-refractivity contribution is 5.95. The monoisotopic (exact) mass is 370 g/mol. The molecule has 1 amide bonds. The molecule has 6 nitrogen and oxygen atoms in total. The molecular formula is C21H26N2O4. The summed E-state index contributed by atoms with van der Waals surface area (Å²) in [6.45, 7) is 7.54. The normalized spacial score (nSPS) is 10.6. The molecule has 0 bridgehead atoms. The van der Waals surface area contributed by atoms with Gasteiger partial charge in [0.1, 0.15) is 5.75 Å². The summed E-state index contributed by atoms with van der Waals surface area (Å²) in [7, 11) is 0. The van der Waals surface area contributed by atoms with Crippen molar-refractivity contribution in [1.82, 2.24) is 5.43 Å². The van der Waals surface area contributed by atoms with Gasteiger partial charge in [-0.15, -0.1) is 0 Å². The van der Waals surface area contributed by atoms with E-state index < -0.39 is 0 Å². The molecule has 0 aliphatic heterocycles. The Morgan fingerprint density at radius 1 is 0.963 bits per heavy atom. The molecule has 1 N–H and O–H groups in total. The molecule has 144 valence electrons. The quantitative estimate of drug-likeness (QED) is 0.506. The fraction of sp³-hybridized carbons (Fsp3) is 0.333. The molecule has 0 fully saturated rings. The Labute approximate surface area is 160 Å². The topological polar surface area (TPSA) is 69.2 Å². The van der Waals surface area contributed by atoms with Crippen molar-refractivity contribution >= 4 is 12.1 Å². The number of hydrogen-bond donors (Lipinski definition) is 1. The molecule has 0 aromatic heterocycles. The first-order valence-electron chi connectivity index (χ1n) is 9.13. The molecule has 2 aromatic rings. The van der Waals surface area contributed by atoms with E-state index in [1.165, 1.54) is 0 Å². The third-order valence-electron chi connectivity index (χ3n) is 3.54. The van der Waals surface area contributed by atoms with Gasteiger partial charge in [-0.25, -0.2) is 5.43 Å². The van der Waals surface area contributed by atoms with Crippen molar-refractivity contribution in [2.75, 3.05) is 19.8 Å². The van der Waals surface area contributed by atoms with Gasteiger partial charge >= 0.3 is 0 Å². The Morgan fingerprint density at radius 3 is 2.33 bits per heavy atom. The van der Waals surface area contributed by atoms with Crippen LogP contribution in [0.1, 0.15) is 43.1 Å². The minimum absolute atomic E-state index is 0.321. The molecule has 0 heterocycles. The van der Waals surface area contributed by atoms with Crippen LogP contribution in [0, 0.1) is 0 Å². The first-order chi connectivity index (χ1) is 13.2. The maximum absolute atomic E-state index is 12.3. The fourth-order valence-electron chi connectivity index (χ4n) is 2.29. The summed E-state index contributed by atoms with van der Waals surface area (Å²) in [6, 6.07) is 12.6. The second-order valence-electron chi connectivity index (χ2n) is 5.64. The number of benzene rings is 2. The molecule has 0 unspecified atom stereocenters. The maximum Gasteiger partial charge on any atom is 0.271 e.